The summed E-state index contributed by atoms with van der Waals surface area (Å²) in [6, 6.07) is 2.60. The molecule has 11 nitrogen and oxygen atoms in total. The molecule has 1 unspecified atom stereocenters. The lowest BCUT2D eigenvalue weighted by Gasteiger charge is -2.44. The quantitative estimate of drug-likeness (QED) is 0.547. The predicted octanol–water partition coefficient (Wildman–Crippen LogP) is 0.0898. The maximum absolute atomic E-state index is 13.0. The molecule has 1 fully saturated rings. The van der Waals surface area contributed by atoms with E-state index in [4.69, 9.17) is 9.47 Å². The Hall–Kier alpha value is -3.54. The summed E-state index contributed by atoms with van der Waals surface area (Å²) in [6.07, 6.45) is 2.69. The molecular formula is C21H21N3O8S. The molecule has 12 heteroatoms. The molecule has 0 saturated carbocycles. The van der Waals surface area contributed by atoms with Crippen LogP contribution in [0.1, 0.15) is 18.9 Å². The van der Waals surface area contributed by atoms with Crippen molar-refractivity contribution in [3.05, 3.63) is 35.9 Å². The van der Waals surface area contributed by atoms with Gasteiger partial charge in [0.1, 0.15) is 6.04 Å². The Morgan fingerprint density at radius 2 is 2.00 bits per heavy atom. The highest BCUT2D eigenvalue weighted by atomic mass is 32.2. The largest absolute Gasteiger partial charge is 0.479 e. The summed E-state index contributed by atoms with van der Waals surface area (Å²) in [5.41, 5.74) is 0.720. The molecule has 0 radical (unpaired) electrons. The van der Waals surface area contributed by atoms with Gasteiger partial charge in [0.25, 0.3) is 5.91 Å². The lowest BCUT2D eigenvalue weighted by Crippen LogP contribution is -2.67. The van der Waals surface area contributed by atoms with Crippen molar-refractivity contribution in [2.45, 2.75) is 37.1 Å². The number of carbonyl (C=O) groups excluding carboxylic acids is 4. The summed E-state index contributed by atoms with van der Waals surface area (Å²) in [7, 11) is 0. The van der Waals surface area contributed by atoms with Crippen molar-refractivity contribution < 1.29 is 38.6 Å². The topological polar surface area (TPSA) is 143 Å². The minimum Gasteiger partial charge on any atom is -0.479 e. The second-order valence-electron chi connectivity index (χ2n) is 7.62. The van der Waals surface area contributed by atoms with Gasteiger partial charge < -0.3 is 19.9 Å². The van der Waals surface area contributed by atoms with Gasteiger partial charge in [-0.1, -0.05) is 30.0 Å². The van der Waals surface area contributed by atoms with Gasteiger partial charge in [-0.25, -0.2) is 14.8 Å². The molecular weight excluding hydrogens is 454 g/mol. The Morgan fingerprint density at radius 3 is 2.73 bits per heavy atom. The van der Waals surface area contributed by atoms with Crippen LogP contribution in [0.4, 0.5) is 0 Å². The molecule has 4 rings (SSSR count). The number of nitrogens with zero attached hydrogens (tertiary/aromatic N) is 2. The van der Waals surface area contributed by atoms with Crippen LogP contribution in [0.15, 0.2) is 30.4 Å². The highest BCUT2D eigenvalue weighted by molar-refractivity contribution is 8.14. The Morgan fingerprint density at radius 1 is 1.24 bits per heavy atom. The van der Waals surface area contributed by atoms with Crippen LogP contribution in [0.3, 0.4) is 0 Å². The van der Waals surface area contributed by atoms with E-state index in [2.05, 4.69) is 5.32 Å². The molecule has 1 aromatic carbocycles. The van der Waals surface area contributed by atoms with E-state index < -0.39 is 41.0 Å². The molecule has 0 aliphatic carbocycles. The fourth-order valence-corrected chi connectivity index (χ4v) is 4.70. The smallest absolute Gasteiger partial charge is 0.332 e. The van der Waals surface area contributed by atoms with Gasteiger partial charge in [0, 0.05) is 6.92 Å². The molecule has 3 heterocycles. The minimum absolute atomic E-state index is 0.0714. The number of benzene rings is 1. The monoisotopic (exact) mass is 475 g/mol. The zero-order valence-corrected chi connectivity index (χ0v) is 18.4. The van der Waals surface area contributed by atoms with Gasteiger partial charge in [0.2, 0.25) is 18.6 Å². The molecule has 3 aliphatic rings. The van der Waals surface area contributed by atoms with Gasteiger partial charge in [-0.15, -0.1) is 0 Å². The number of hydrogen-bond acceptors (Lipinski definition) is 8. The molecule has 3 aliphatic heterocycles. The average Bonchev–Trinajstić information content (AvgIpc) is 3.24. The van der Waals surface area contributed by atoms with Crippen LogP contribution in [-0.2, 0) is 30.4 Å². The molecule has 3 atom stereocenters. The van der Waals surface area contributed by atoms with E-state index in [0.29, 0.717) is 11.5 Å². The van der Waals surface area contributed by atoms with Crippen molar-refractivity contribution in [2.24, 2.45) is 0 Å². The average molecular weight is 475 g/mol. The highest BCUT2D eigenvalue weighted by Gasteiger charge is 2.46. The molecule has 0 spiro atoms. The number of thioether (sulfide) groups is 1. The minimum atomic E-state index is -1.34. The Bertz CT molecular complexity index is 1060. The summed E-state index contributed by atoms with van der Waals surface area (Å²) in [5.74, 6) is -1.97. The summed E-state index contributed by atoms with van der Waals surface area (Å²) < 4.78 is 10.6. The van der Waals surface area contributed by atoms with E-state index in [0.717, 1.165) is 27.3 Å². The first-order valence-corrected chi connectivity index (χ1v) is 11.0. The third-order valence-electron chi connectivity index (χ3n) is 5.34. The zero-order valence-electron chi connectivity index (χ0n) is 17.6. The first kappa shape index (κ1) is 22.6. The Kier molecular flexibility index (Phi) is 6.27. The first-order chi connectivity index (χ1) is 15.7. The maximum atomic E-state index is 13.0. The predicted molar refractivity (Wildman–Crippen MR) is 114 cm³/mol. The number of carboxylic acid groups (broad SMARTS) is 1. The van der Waals surface area contributed by atoms with Crippen molar-refractivity contribution in [2.75, 3.05) is 13.3 Å². The van der Waals surface area contributed by atoms with E-state index in [-0.39, 0.29) is 31.3 Å². The summed E-state index contributed by atoms with van der Waals surface area (Å²) in [4.78, 5) is 62.0. The van der Waals surface area contributed by atoms with Crippen molar-refractivity contribution in [3.63, 3.8) is 0 Å². The lowest BCUT2D eigenvalue weighted by molar-refractivity contribution is -0.182. The van der Waals surface area contributed by atoms with Gasteiger partial charge in [0.05, 0.1) is 18.2 Å². The number of rotatable bonds is 6. The number of amides is 3. The summed E-state index contributed by atoms with van der Waals surface area (Å²) in [5, 5.41) is 12.7. The summed E-state index contributed by atoms with van der Waals surface area (Å²) in [6.45, 7) is 1.50. The van der Waals surface area contributed by atoms with E-state index in [1.807, 2.05) is 0 Å². The van der Waals surface area contributed by atoms with Gasteiger partial charge >= 0.3 is 5.97 Å². The second kappa shape index (κ2) is 9.14. The third-order valence-corrected chi connectivity index (χ3v) is 6.34. The third kappa shape index (κ3) is 4.65. The molecule has 1 saturated heterocycles. The van der Waals surface area contributed by atoms with E-state index >= 15 is 0 Å². The van der Waals surface area contributed by atoms with Crippen molar-refractivity contribution in [3.8, 4) is 11.5 Å². The normalized spacial score (nSPS) is 22.1. The van der Waals surface area contributed by atoms with Crippen LogP contribution < -0.4 is 14.8 Å². The number of carboxylic acids is 1. The van der Waals surface area contributed by atoms with Crippen LogP contribution in [-0.4, -0.2) is 74.6 Å². The molecule has 174 valence electrons. The van der Waals surface area contributed by atoms with E-state index in [1.165, 1.54) is 19.1 Å². The van der Waals surface area contributed by atoms with E-state index in [1.54, 1.807) is 18.2 Å². The van der Waals surface area contributed by atoms with Crippen molar-refractivity contribution in [1.29, 1.82) is 0 Å². The number of aliphatic carboxylic acids is 1. The lowest BCUT2D eigenvalue weighted by atomic mass is 10.0. The summed E-state index contributed by atoms with van der Waals surface area (Å²) >= 11 is 0.806. The number of nitrogens with one attached hydrogen (secondary N) is 1. The van der Waals surface area contributed by atoms with Gasteiger partial charge in [-0.2, -0.15) is 0 Å². The van der Waals surface area contributed by atoms with Gasteiger partial charge in [-0.05, 0) is 24.1 Å². The van der Waals surface area contributed by atoms with Crippen LogP contribution in [0.25, 0.3) is 0 Å². The zero-order chi connectivity index (χ0) is 23.7. The number of fused-ring (bicyclic) bond motifs is 2. The van der Waals surface area contributed by atoms with E-state index in [9.17, 15) is 29.1 Å². The highest BCUT2D eigenvalue weighted by Crippen LogP contribution is 2.33. The molecule has 1 aromatic rings. The number of hydrogen-bond donors (Lipinski definition) is 2. The second-order valence-corrected chi connectivity index (χ2v) is 9.00. The van der Waals surface area contributed by atoms with Crippen LogP contribution in [0, 0.1) is 0 Å². The SMILES string of the molecule is CC(=O)S[C@@H](Cc1ccc2c(c1)OCO2)C(=O)NC1CC(=O)N2CC=C[C@@H](C(=O)O)N2C1=O. The van der Waals surface area contributed by atoms with Crippen LogP contribution in [0.2, 0.25) is 0 Å². The molecule has 33 heavy (non-hydrogen) atoms. The Balaban J connectivity index is 1.50. The Labute approximate surface area is 192 Å². The molecule has 0 aromatic heterocycles. The van der Waals surface area contributed by atoms with Crippen LogP contribution in [0.5, 0.6) is 11.5 Å². The van der Waals surface area contributed by atoms with Crippen LogP contribution >= 0.6 is 11.8 Å². The van der Waals surface area contributed by atoms with Gasteiger partial charge in [-0.3, -0.25) is 19.2 Å². The standard InChI is InChI=1S/C21H21N3O8S/c1-11(25)33-17(8-12-4-5-15-16(7-12)32-10-31-15)19(27)22-13-9-18(26)23-6-2-3-14(21(29)30)24(23)20(13)28/h2-5,7,13-14,17H,6,8-10H2,1H3,(H,22,27)(H,29,30)/t13?,14-,17-/m0/s1. The molecule has 0 bridgehead atoms. The van der Waals surface area contributed by atoms with Crippen molar-refractivity contribution in [1.82, 2.24) is 15.3 Å². The fourth-order valence-electron chi connectivity index (χ4n) is 3.85. The fraction of sp³-hybridized carbons (Fsp3) is 0.381. The van der Waals surface area contributed by atoms with Gasteiger partial charge in [0.15, 0.2) is 22.7 Å². The molecule has 3 amide bonds. The first-order valence-electron chi connectivity index (χ1n) is 10.1. The number of hydrazine groups is 1. The number of ether oxygens (including phenoxy) is 2. The number of carbonyl (C=O) groups is 5. The maximum Gasteiger partial charge on any atom is 0.332 e. The molecule has 2 N–H and O–H groups in total. The van der Waals surface area contributed by atoms with Crippen molar-refractivity contribution >= 4 is 40.6 Å².